The topological polar surface area (TPSA) is 57.9 Å². The summed E-state index contributed by atoms with van der Waals surface area (Å²) in [6, 6.07) is 9.31. The lowest BCUT2D eigenvalue weighted by atomic mass is 10.0. The molecule has 28 heavy (non-hydrogen) atoms. The minimum Gasteiger partial charge on any atom is -0.493 e. The second kappa shape index (κ2) is 7.58. The predicted octanol–water partition coefficient (Wildman–Crippen LogP) is 4.89. The zero-order valence-electron chi connectivity index (χ0n) is 16.5. The summed E-state index contributed by atoms with van der Waals surface area (Å²) in [5.74, 6) is 2.70. The number of ether oxygens (including phenoxy) is 3. The second-order valence-corrected chi connectivity index (χ2v) is 6.82. The van der Waals surface area contributed by atoms with E-state index in [2.05, 4.69) is 0 Å². The maximum Gasteiger partial charge on any atom is 0.200 e. The molecule has 0 fully saturated rings. The van der Waals surface area contributed by atoms with Crippen molar-refractivity contribution in [2.45, 2.75) is 33.6 Å². The van der Waals surface area contributed by atoms with Gasteiger partial charge in [-0.15, -0.1) is 0 Å². The molecule has 0 radical (unpaired) electrons. The zero-order chi connectivity index (χ0) is 19.7. The van der Waals surface area contributed by atoms with Gasteiger partial charge in [-0.3, -0.25) is 4.79 Å². The fourth-order valence-electron chi connectivity index (χ4n) is 3.60. The molecule has 146 valence electrons. The molecule has 0 N–H and O–H groups in total. The summed E-state index contributed by atoms with van der Waals surface area (Å²) >= 11 is 0. The van der Waals surface area contributed by atoms with Gasteiger partial charge in [-0.2, -0.15) is 0 Å². The summed E-state index contributed by atoms with van der Waals surface area (Å²) in [5, 5.41) is 0.563. The quantitative estimate of drug-likeness (QED) is 0.645. The third-order valence-electron chi connectivity index (χ3n) is 4.97. The fourth-order valence-corrected chi connectivity index (χ4v) is 3.60. The normalized spacial score (nSPS) is 13.4. The average molecular weight is 380 g/mol. The van der Waals surface area contributed by atoms with Crippen LogP contribution in [-0.4, -0.2) is 19.8 Å². The van der Waals surface area contributed by atoms with Crippen molar-refractivity contribution < 1.29 is 18.6 Å². The minimum absolute atomic E-state index is 0.0500. The molecule has 0 amide bonds. The van der Waals surface area contributed by atoms with Crippen LogP contribution in [0, 0.1) is 6.92 Å². The van der Waals surface area contributed by atoms with Crippen LogP contribution in [0.4, 0.5) is 0 Å². The van der Waals surface area contributed by atoms with E-state index in [4.69, 9.17) is 18.6 Å². The van der Waals surface area contributed by atoms with E-state index in [1.165, 1.54) is 0 Å². The van der Waals surface area contributed by atoms with Crippen LogP contribution in [0.15, 0.2) is 39.5 Å². The van der Waals surface area contributed by atoms with E-state index in [1.54, 1.807) is 0 Å². The minimum atomic E-state index is -0.0500. The molecule has 5 nitrogen and oxygen atoms in total. The highest BCUT2D eigenvalue weighted by molar-refractivity contribution is 5.85. The summed E-state index contributed by atoms with van der Waals surface area (Å²) < 4.78 is 23.2. The second-order valence-electron chi connectivity index (χ2n) is 6.82. The van der Waals surface area contributed by atoms with E-state index in [9.17, 15) is 4.79 Å². The molecule has 0 atom stereocenters. The van der Waals surface area contributed by atoms with Gasteiger partial charge in [-0.1, -0.05) is 13.0 Å². The van der Waals surface area contributed by atoms with Crippen LogP contribution < -0.4 is 19.6 Å². The van der Waals surface area contributed by atoms with E-state index in [0.29, 0.717) is 53.6 Å². The Hall–Kier alpha value is -2.95. The first-order valence-corrected chi connectivity index (χ1v) is 9.75. The molecule has 4 rings (SSSR count). The number of aryl methyl sites for hydroxylation is 2. The van der Waals surface area contributed by atoms with Gasteiger partial charge in [0.05, 0.1) is 30.8 Å². The molecule has 1 aliphatic heterocycles. The number of rotatable bonds is 4. The first-order valence-electron chi connectivity index (χ1n) is 9.75. The van der Waals surface area contributed by atoms with Crippen molar-refractivity contribution in [2.24, 2.45) is 0 Å². The molecule has 0 bridgehead atoms. The lowest BCUT2D eigenvalue weighted by molar-refractivity contribution is 0.297. The highest BCUT2D eigenvalue weighted by atomic mass is 16.5. The van der Waals surface area contributed by atoms with Gasteiger partial charge in [-0.25, -0.2) is 0 Å². The Labute approximate surface area is 163 Å². The SMILES string of the molecule is CCOc1cc2oc(C)c(-c3ccc4c(c3)OCCCO4)c(=O)c2cc1CC. The number of hydrogen-bond acceptors (Lipinski definition) is 5. The van der Waals surface area contributed by atoms with Crippen LogP contribution in [0.1, 0.15) is 31.6 Å². The van der Waals surface area contributed by atoms with Crippen LogP contribution in [0.3, 0.4) is 0 Å². The molecule has 2 aromatic carbocycles. The summed E-state index contributed by atoms with van der Waals surface area (Å²) in [7, 11) is 0. The first kappa shape index (κ1) is 18.4. The van der Waals surface area contributed by atoms with Gasteiger partial charge < -0.3 is 18.6 Å². The van der Waals surface area contributed by atoms with Gasteiger partial charge in [-0.05, 0) is 49.6 Å². The average Bonchev–Trinajstić information content (AvgIpc) is 2.93. The van der Waals surface area contributed by atoms with Crippen molar-refractivity contribution in [3.05, 3.63) is 51.9 Å². The summed E-state index contributed by atoms with van der Waals surface area (Å²) in [6.45, 7) is 7.60. The summed E-state index contributed by atoms with van der Waals surface area (Å²) in [6.07, 6.45) is 1.61. The maximum absolute atomic E-state index is 13.4. The van der Waals surface area contributed by atoms with Gasteiger partial charge >= 0.3 is 0 Å². The Kier molecular flexibility index (Phi) is 4.99. The molecular formula is C23H24O5. The zero-order valence-corrected chi connectivity index (χ0v) is 16.5. The number of benzene rings is 2. The molecule has 2 heterocycles. The molecule has 1 aliphatic rings. The summed E-state index contributed by atoms with van der Waals surface area (Å²) in [5.41, 5.74) is 2.81. The third-order valence-corrected chi connectivity index (χ3v) is 4.97. The van der Waals surface area contributed by atoms with Crippen LogP contribution in [0.25, 0.3) is 22.1 Å². The van der Waals surface area contributed by atoms with Gasteiger partial charge in [0.25, 0.3) is 0 Å². The van der Waals surface area contributed by atoms with Crippen molar-refractivity contribution in [1.82, 2.24) is 0 Å². The van der Waals surface area contributed by atoms with E-state index in [1.807, 2.05) is 51.1 Å². The van der Waals surface area contributed by atoms with Crippen molar-refractivity contribution in [3.8, 4) is 28.4 Å². The van der Waals surface area contributed by atoms with Gasteiger partial charge in [0.2, 0.25) is 5.43 Å². The van der Waals surface area contributed by atoms with Gasteiger partial charge in [0.1, 0.15) is 17.1 Å². The van der Waals surface area contributed by atoms with E-state index in [0.717, 1.165) is 29.7 Å². The largest absolute Gasteiger partial charge is 0.493 e. The summed E-state index contributed by atoms with van der Waals surface area (Å²) in [4.78, 5) is 13.4. The van der Waals surface area contributed by atoms with Gasteiger partial charge in [0.15, 0.2) is 11.5 Å². The van der Waals surface area contributed by atoms with Gasteiger partial charge in [0, 0.05) is 12.5 Å². The monoisotopic (exact) mass is 380 g/mol. The standard InChI is InChI=1S/C23H24O5/c1-4-15-11-17-20(13-19(15)25-5-2)28-14(3)22(23(17)24)16-7-8-18-21(12-16)27-10-6-9-26-18/h7-8,11-13H,4-6,9-10H2,1-3H3. The molecule has 0 unspecified atom stereocenters. The van der Waals surface area contributed by atoms with Crippen LogP contribution in [0.5, 0.6) is 17.2 Å². The van der Waals surface area contributed by atoms with E-state index in [-0.39, 0.29) is 5.43 Å². The highest BCUT2D eigenvalue weighted by Crippen LogP contribution is 2.35. The Bertz CT molecular complexity index is 1080. The molecule has 5 heteroatoms. The molecule has 0 spiro atoms. The van der Waals surface area contributed by atoms with Crippen molar-refractivity contribution in [3.63, 3.8) is 0 Å². The Balaban J connectivity index is 1.89. The highest BCUT2D eigenvalue weighted by Gasteiger charge is 2.18. The van der Waals surface area contributed by atoms with Crippen LogP contribution in [0.2, 0.25) is 0 Å². The lowest BCUT2D eigenvalue weighted by Crippen LogP contribution is -2.09. The first-order chi connectivity index (χ1) is 13.6. The molecule has 3 aromatic rings. The van der Waals surface area contributed by atoms with Crippen LogP contribution in [-0.2, 0) is 6.42 Å². The molecule has 1 aromatic heterocycles. The van der Waals surface area contributed by atoms with E-state index >= 15 is 0 Å². The predicted molar refractivity (Wildman–Crippen MR) is 109 cm³/mol. The third kappa shape index (κ3) is 3.21. The molecule has 0 aliphatic carbocycles. The molecular weight excluding hydrogens is 356 g/mol. The fraction of sp³-hybridized carbons (Fsp3) is 0.348. The van der Waals surface area contributed by atoms with Crippen molar-refractivity contribution in [1.29, 1.82) is 0 Å². The number of hydrogen-bond donors (Lipinski definition) is 0. The smallest absolute Gasteiger partial charge is 0.200 e. The van der Waals surface area contributed by atoms with Crippen LogP contribution >= 0.6 is 0 Å². The number of fused-ring (bicyclic) bond motifs is 2. The lowest BCUT2D eigenvalue weighted by Gasteiger charge is -2.13. The molecule has 0 saturated carbocycles. The van der Waals surface area contributed by atoms with E-state index < -0.39 is 0 Å². The maximum atomic E-state index is 13.4. The Morgan fingerprint density at radius 3 is 2.57 bits per heavy atom. The molecule has 0 saturated heterocycles. The van der Waals surface area contributed by atoms with Crippen molar-refractivity contribution in [2.75, 3.05) is 19.8 Å². The Morgan fingerprint density at radius 2 is 1.82 bits per heavy atom. The van der Waals surface area contributed by atoms with Crippen molar-refractivity contribution >= 4 is 11.0 Å². The Morgan fingerprint density at radius 1 is 1.04 bits per heavy atom.